The quantitative estimate of drug-likeness (QED) is 0.608. The molecule has 1 N–H and O–H groups in total. The summed E-state index contributed by atoms with van der Waals surface area (Å²) in [5.41, 5.74) is 3.85. The Morgan fingerprint density at radius 3 is 2.32 bits per heavy atom. The van der Waals surface area contributed by atoms with Crippen molar-refractivity contribution in [3.05, 3.63) is 70.8 Å². The van der Waals surface area contributed by atoms with Gasteiger partial charge in [-0.1, -0.05) is 12.1 Å². The molecule has 0 atom stereocenters. The molecule has 0 saturated carbocycles. The number of sulfonamides is 1. The van der Waals surface area contributed by atoms with Gasteiger partial charge in [-0.3, -0.25) is 18.8 Å². The lowest BCUT2D eigenvalue weighted by Crippen LogP contribution is -2.41. The number of benzene rings is 1. The van der Waals surface area contributed by atoms with Crippen molar-refractivity contribution < 1.29 is 13.2 Å². The summed E-state index contributed by atoms with van der Waals surface area (Å²) in [6.07, 6.45) is 1.64. The Hall–Kier alpha value is -3.20. The Morgan fingerprint density at radius 2 is 1.77 bits per heavy atom. The SMILES string of the molecule is Cc1cc(C)cc(N(CC(=O)NCc2ccccn2)S(=O)(=O)c2c(C)nn(C)c2C)c1. The summed E-state index contributed by atoms with van der Waals surface area (Å²) in [6.45, 7) is 7.00. The number of hydrogen-bond acceptors (Lipinski definition) is 5. The van der Waals surface area contributed by atoms with Crippen LogP contribution in [0.15, 0.2) is 47.5 Å². The van der Waals surface area contributed by atoms with Gasteiger partial charge in [-0.05, 0) is 63.1 Å². The standard InChI is InChI=1S/C22H27N5O3S/c1-15-10-16(2)12-20(11-15)27(14-21(28)24-13-19-8-6-7-9-23-19)31(29,30)22-17(3)25-26(5)18(22)4/h6-12H,13-14H2,1-5H3,(H,24,28). The van der Waals surface area contributed by atoms with Crippen molar-refractivity contribution in [2.24, 2.45) is 7.05 Å². The molecule has 0 unspecified atom stereocenters. The largest absolute Gasteiger partial charge is 0.349 e. The third kappa shape index (κ3) is 4.93. The summed E-state index contributed by atoms with van der Waals surface area (Å²) >= 11 is 0. The number of carbonyl (C=O) groups excluding carboxylic acids is 1. The van der Waals surface area contributed by atoms with Gasteiger partial charge in [0.25, 0.3) is 10.0 Å². The Labute approximate surface area is 183 Å². The van der Waals surface area contributed by atoms with Gasteiger partial charge in [0.05, 0.1) is 29.3 Å². The lowest BCUT2D eigenvalue weighted by molar-refractivity contribution is -0.119. The van der Waals surface area contributed by atoms with Crippen LogP contribution in [0.1, 0.15) is 28.2 Å². The zero-order valence-electron chi connectivity index (χ0n) is 18.4. The van der Waals surface area contributed by atoms with Crippen LogP contribution in [0.5, 0.6) is 0 Å². The normalized spacial score (nSPS) is 11.4. The van der Waals surface area contributed by atoms with Gasteiger partial charge in [-0.25, -0.2) is 8.42 Å². The van der Waals surface area contributed by atoms with Gasteiger partial charge in [-0.2, -0.15) is 5.10 Å². The van der Waals surface area contributed by atoms with Crippen molar-refractivity contribution in [3.63, 3.8) is 0 Å². The molecule has 0 radical (unpaired) electrons. The minimum Gasteiger partial charge on any atom is -0.349 e. The van der Waals surface area contributed by atoms with Gasteiger partial charge in [-0.15, -0.1) is 0 Å². The van der Waals surface area contributed by atoms with E-state index in [0.717, 1.165) is 15.4 Å². The molecule has 2 aromatic heterocycles. The fourth-order valence-corrected chi connectivity index (χ4v) is 5.34. The molecular weight excluding hydrogens is 414 g/mol. The van der Waals surface area contributed by atoms with Crippen LogP contribution in [0.3, 0.4) is 0 Å². The maximum Gasteiger partial charge on any atom is 0.268 e. The summed E-state index contributed by atoms with van der Waals surface area (Å²) in [7, 11) is -2.34. The topological polar surface area (TPSA) is 97.2 Å². The highest BCUT2D eigenvalue weighted by atomic mass is 32.2. The van der Waals surface area contributed by atoms with Crippen LogP contribution in [0.4, 0.5) is 5.69 Å². The monoisotopic (exact) mass is 441 g/mol. The van der Waals surface area contributed by atoms with E-state index in [0.29, 0.717) is 22.8 Å². The molecule has 1 amide bonds. The summed E-state index contributed by atoms with van der Waals surface area (Å²) in [5.74, 6) is -0.424. The number of amides is 1. The highest BCUT2D eigenvalue weighted by molar-refractivity contribution is 7.93. The third-order valence-electron chi connectivity index (χ3n) is 4.97. The van der Waals surface area contributed by atoms with Crippen LogP contribution in [-0.2, 0) is 28.4 Å². The number of nitrogens with zero attached hydrogens (tertiary/aromatic N) is 4. The van der Waals surface area contributed by atoms with Crippen molar-refractivity contribution >= 4 is 21.6 Å². The number of aromatic nitrogens is 3. The smallest absolute Gasteiger partial charge is 0.268 e. The van der Waals surface area contributed by atoms with E-state index >= 15 is 0 Å². The van der Waals surface area contributed by atoms with Crippen LogP contribution >= 0.6 is 0 Å². The van der Waals surface area contributed by atoms with Gasteiger partial charge < -0.3 is 5.32 Å². The molecule has 0 bridgehead atoms. The summed E-state index contributed by atoms with van der Waals surface area (Å²) < 4.78 is 30.1. The van der Waals surface area contributed by atoms with Crippen LogP contribution in [0.25, 0.3) is 0 Å². The molecule has 0 aliphatic rings. The third-order valence-corrected chi connectivity index (χ3v) is 6.99. The molecule has 164 valence electrons. The predicted octanol–water partition coefficient (Wildman–Crippen LogP) is 2.56. The first-order valence-corrected chi connectivity index (χ1v) is 11.3. The molecule has 0 fully saturated rings. The van der Waals surface area contributed by atoms with E-state index in [1.165, 1.54) is 4.68 Å². The summed E-state index contributed by atoms with van der Waals surface area (Å²) in [4.78, 5) is 17.1. The van der Waals surface area contributed by atoms with Gasteiger partial charge in [0, 0.05) is 13.2 Å². The van der Waals surface area contributed by atoms with E-state index in [9.17, 15) is 13.2 Å². The minimum absolute atomic E-state index is 0.117. The molecule has 1 aromatic carbocycles. The second-order valence-corrected chi connectivity index (χ2v) is 9.38. The first-order valence-electron chi connectivity index (χ1n) is 9.87. The van der Waals surface area contributed by atoms with Crippen molar-refractivity contribution in [3.8, 4) is 0 Å². The van der Waals surface area contributed by atoms with Gasteiger partial charge >= 0.3 is 0 Å². The fourth-order valence-electron chi connectivity index (χ4n) is 3.53. The van der Waals surface area contributed by atoms with E-state index in [4.69, 9.17) is 0 Å². The molecule has 2 heterocycles. The molecule has 0 spiro atoms. The second-order valence-electron chi connectivity index (χ2n) is 7.58. The molecule has 3 rings (SSSR count). The first kappa shape index (κ1) is 22.5. The molecule has 8 nitrogen and oxygen atoms in total. The maximum absolute atomic E-state index is 13.7. The van der Waals surface area contributed by atoms with E-state index in [2.05, 4.69) is 15.4 Å². The van der Waals surface area contributed by atoms with Crippen molar-refractivity contribution in [2.75, 3.05) is 10.8 Å². The summed E-state index contributed by atoms with van der Waals surface area (Å²) in [5, 5.41) is 7.00. The highest BCUT2D eigenvalue weighted by Gasteiger charge is 2.32. The fraction of sp³-hybridized carbons (Fsp3) is 0.318. The molecular formula is C22H27N5O3S. The lowest BCUT2D eigenvalue weighted by atomic mass is 10.1. The second kappa shape index (κ2) is 8.89. The summed E-state index contributed by atoms with van der Waals surface area (Å²) in [6, 6.07) is 10.9. The highest BCUT2D eigenvalue weighted by Crippen LogP contribution is 2.29. The molecule has 3 aromatic rings. The molecule has 0 saturated heterocycles. The molecule has 9 heteroatoms. The van der Waals surface area contributed by atoms with Crippen LogP contribution < -0.4 is 9.62 Å². The first-order chi connectivity index (χ1) is 14.6. The van der Waals surface area contributed by atoms with Crippen molar-refractivity contribution in [1.82, 2.24) is 20.1 Å². The Bertz CT molecular complexity index is 1180. The van der Waals surface area contributed by atoms with Crippen LogP contribution in [0.2, 0.25) is 0 Å². The van der Waals surface area contributed by atoms with E-state index in [-0.39, 0.29) is 18.0 Å². The molecule has 0 aliphatic heterocycles. The molecule has 0 aliphatic carbocycles. The van der Waals surface area contributed by atoms with Crippen LogP contribution in [-0.4, -0.2) is 35.6 Å². The lowest BCUT2D eigenvalue weighted by Gasteiger charge is -2.25. The number of anilines is 1. The maximum atomic E-state index is 13.7. The minimum atomic E-state index is -4.03. The van der Waals surface area contributed by atoms with Gasteiger partial charge in [0.15, 0.2) is 0 Å². The van der Waals surface area contributed by atoms with Crippen molar-refractivity contribution in [2.45, 2.75) is 39.1 Å². The van der Waals surface area contributed by atoms with E-state index in [1.54, 1.807) is 51.4 Å². The zero-order valence-corrected chi connectivity index (χ0v) is 19.2. The van der Waals surface area contributed by atoms with E-state index < -0.39 is 15.9 Å². The zero-order chi connectivity index (χ0) is 22.8. The Kier molecular flexibility index (Phi) is 6.45. The number of nitrogens with one attached hydrogen (secondary N) is 1. The number of aryl methyl sites for hydroxylation is 4. The Morgan fingerprint density at radius 1 is 1.10 bits per heavy atom. The predicted molar refractivity (Wildman–Crippen MR) is 119 cm³/mol. The van der Waals surface area contributed by atoms with Gasteiger partial charge in [0.2, 0.25) is 5.91 Å². The van der Waals surface area contributed by atoms with E-state index in [1.807, 2.05) is 26.0 Å². The number of hydrogen-bond donors (Lipinski definition) is 1. The average molecular weight is 442 g/mol. The molecule has 31 heavy (non-hydrogen) atoms. The Balaban J connectivity index is 1.98. The number of rotatable bonds is 7. The average Bonchev–Trinajstić information content (AvgIpc) is 2.96. The number of pyridine rings is 1. The number of carbonyl (C=O) groups is 1. The van der Waals surface area contributed by atoms with Crippen molar-refractivity contribution in [1.29, 1.82) is 0 Å². The van der Waals surface area contributed by atoms with Gasteiger partial charge in [0.1, 0.15) is 11.4 Å². The van der Waals surface area contributed by atoms with Crippen LogP contribution in [0, 0.1) is 27.7 Å².